The van der Waals surface area contributed by atoms with Gasteiger partial charge in [-0.15, -0.1) is 0 Å². The van der Waals surface area contributed by atoms with Crippen molar-refractivity contribution in [2.75, 3.05) is 5.75 Å². The van der Waals surface area contributed by atoms with E-state index in [0.29, 0.717) is 6.42 Å². The largest absolute Gasteiger partial charge is 0.328 e. The molecule has 19 heavy (non-hydrogen) atoms. The third-order valence-electron chi connectivity index (χ3n) is 2.54. The van der Waals surface area contributed by atoms with Gasteiger partial charge in [0.25, 0.3) is 5.69 Å². The van der Waals surface area contributed by atoms with Gasteiger partial charge in [-0.1, -0.05) is 17.7 Å². The molecule has 0 aliphatic heterocycles. The molecule has 6 nitrogen and oxygen atoms in total. The van der Waals surface area contributed by atoms with Crippen molar-refractivity contribution in [3.8, 4) is 0 Å². The fourth-order valence-electron chi connectivity index (χ4n) is 1.52. The molecule has 1 aromatic rings. The van der Waals surface area contributed by atoms with Gasteiger partial charge in [-0.05, 0) is 19.4 Å². The summed E-state index contributed by atoms with van der Waals surface area (Å²) in [7, 11) is -3.48. The number of hydrogen-bond acceptors (Lipinski definition) is 5. The molecule has 0 radical (unpaired) electrons. The normalized spacial score (nSPS) is 13.2. The van der Waals surface area contributed by atoms with Crippen LogP contribution in [-0.4, -0.2) is 25.1 Å². The molecule has 1 rings (SSSR count). The molecule has 0 amide bonds. The lowest BCUT2D eigenvalue weighted by Gasteiger charge is -2.08. The van der Waals surface area contributed by atoms with Crippen molar-refractivity contribution in [1.29, 1.82) is 0 Å². The van der Waals surface area contributed by atoms with Gasteiger partial charge < -0.3 is 5.73 Å². The molecule has 106 valence electrons. The lowest BCUT2D eigenvalue weighted by molar-refractivity contribution is -0.385. The van der Waals surface area contributed by atoms with Crippen LogP contribution in [0.5, 0.6) is 0 Å². The second-order valence-corrected chi connectivity index (χ2v) is 6.94. The van der Waals surface area contributed by atoms with Gasteiger partial charge in [-0.25, -0.2) is 8.42 Å². The van der Waals surface area contributed by atoms with E-state index in [9.17, 15) is 18.5 Å². The van der Waals surface area contributed by atoms with E-state index in [0.717, 1.165) is 0 Å². The van der Waals surface area contributed by atoms with Gasteiger partial charge in [0.2, 0.25) is 0 Å². The number of nitrogens with zero attached hydrogens (tertiary/aromatic N) is 1. The molecule has 2 N–H and O–H groups in total. The van der Waals surface area contributed by atoms with Crippen LogP contribution in [0.2, 0.25) is 5.02 Å². The van der Waals surface area contributed by atoms with Gasteiger partial charge in [-0.2, -0.15) is 0 Å². The van der Waals surface area contributed by atoms with Gasteiger partial charge >= 0.3 is 0 Å². The minimum atomic E-state index is -3.48. The first-order valence-electron chi connectivity index (χ1n) is 5.60. The third kappa shape index (κ3) is 4.77. The fraction of sp³-hybridized carbons (Fsp3) is 0.455. The summed E-state index contributed by atoms with van der Waals surface area (Å²) in [6.45, 7) is 1.70. The molecular weight excluding hydrogens is 292 g/mol. The molecule has 1 unspecified atom stereocenters. The Bertz CT molecular complexity index is 572. The van der Waals surface area contributed by atoms with Crippen molar-refractivity contribution >= 4 is 27.1 Å². The predicted molar refractivity (Wildman–Crippen MR) is 73.9 cm³/mol. The standard InChI is InChI=1S/C11H15ClN2O4S/c1-8(13)5-6-19(17,18)7-9-10(12)3-2-4-11(9)14(15)16/h2-4,8H,5-7,13H2,1H3. The highest BCUT2D eigenvalue weighted by Crippen LogP contribution is 2.28. The van der Waals surface area contributed by atoms with Crippen LogP contribution in [0, 0.1) is 10.1 Å². The Balaban J connectivity index is 3.02. The average molecular weight is 307 g/mol. The van der Waals surface area contributed by atoms with Crippen molar-refractivity contribution in [2.45, 2.75) is 25.1 Å². The van der Waals surface area contributed by atoms with E-state index in [2.05, 4.69) is 0 Å². The Morgan fingerprint density at radius 2 is 2.11 bits per heavy atom. The zero-order valence-electron chi connectivity index (χ0n) is 10.4. The van der Waals surface area contributed by atoms with Crippen LogP contribution in [0.4, 0.5) is 5.69 Å². The molecule has 0 saturated carbocycles. The van der Waals surface area contributed by atoms with Crippen LogP contribution in [-0.2, 0) is 15.6 Å². The fourth-order valence-corrected chi connectivity index (χ4v) is 3.45. The van der Waals surface area contributed by atoms with Crippen LogP contribution in [0.3, 0.4) is 0 Å². The predicted octanol–water partition coefficient (Wildman–Crippen LogP) is 1.90. The molecule has 1 atom stereocenters. The quantitative estimate of drug-likeness (QED) is 0.638. The van der Waals surface area contributed by atoms with Gasteiger partial charge in [0.1, 0.15) is 0 Å². The maximum absolute atomic E-state index is 11.9. The first kappa shape index (κ1) is 15.9. The van der Waals surface area contributed by atoms with Crippen molar-refractivity contribution in [1.82, 2.24) is 0 Å². The lowest BCUT2D eigenvalue weighted by Crippen LogP contribution is -2.21. The molecule has 0 bridgehead atoms. The van der Waals surface area contributed by atoms with Crippen molar-refractivity contribution in [3.05, 3.63) is 38.9 Å². The number of nitro groups is 1. The maximum atomic E-state index is 11.9. The molecular formula is C11H15ClN2O4S. The highest BCUT2D eigenvalue weighted by molar-refractivity contribution is 7.90. The summed E-state index contributed by atoms with van der Waals surface area (Å²) < 4.78 is 23.8. The highest BCUT2D eigenvalue weighted by atomic mass is 35.5. The number of nitro benzene ring substituents is 1. The monoisotopic (exact) mass is 306 g/mol. The lowest BCUT2D eigenvalue weighted by atomic mass is 10.2. The summed E-state index contributed by atoms with van der Waals surface area (Å²) in [5, 5.41) is 10.9. The Kier molecular flexibility index (Phi) is 5.28. The number of sulfone groups is 1. The van der Waals surface area contributed by atoms with Crippen molar-refractivity contribution in [2.24, 2.45) is 5.73 Å². The molecule has 0 aliphatic rings. The SMILES string of the molecule is CC(N)CCS(=O)(=O)Cc1c(Cl)cccc1[N+](=O)[O-]. The summed E-state index contributed by atoms with van der Waals surface area (Å²) in [6, 6.07) is 3.85. The Morgan fingerprint density at radius 3 is 2.63 bits per heavy atom. The summed E-state index contributed by atoms with van der Waals surface area (Å²) in [5.41, 5.74) is 5.25. The second kappa shape index (κ2) is 6.31. The van der Waals surface area contributed by atoms with Crippen LogP contribution < -0.4 is 5.73 Å². The van der Waals surface area contributed by atoms with Crippen molar-refractivity contribution < 1.29 is 13.3 Å². The Hall–Kier alpha value is -1.18. The first-order valence-corrected chi connectivity index (χ1v) is 7.80. The van der Waals surface area contributed by atoms with E-state index in [4.69, 9.17) is 17.3 Å². The van der Waals surface area contributed by atoms with E-state index in [-0.39, 0.29) is 28.1 Å². The third-order valence-corrected chi connectivity index (χ3v) is 4.48. The molecule has 0 heterocycles. The molecule has 0 saturated heterocycles. The summed E-state index contributed by atoms with van der Waals surface area (Å²) in [5.74, 6) is -0.567. The van der Waals surface area contributed by atoms with Gasteiger partial charge in [0, 0.05) is 12.1 Å². The summed E-state index contributed by atoms with van der Waals surface area (Å²) >= 11 is 5.85. The van der Waals surface area contributed by atoms with Crippen LogP contribution in [0.1, 0.15) is 18.9 Å². The van der Waals surface area contributed by atoms with Gasteiger partial charge in [-0.3, -0.25) is 10.1 Å². The van der Waals surface area contributed by atoms with Gasteiger partial charge in [0.15, 0.2) is 9.84 Å². The number of benzene rings is 1. The van der Waals surface area contributed by atoms with E-state index in [1.54, 1.807) is 6.92 Å². The minimum absolute atomic E-state index is 0.0267. The van der Waals surface area contributed by atoms with Crippen LogP contribution in [0.25, 0.3) is 0 Å². The maximum Gasteiger partial charge on any atom is 0.275 e. The Morgan fingerprint density at radius 1 is 1.47 bits per heavy atom. The van der Waals surface area contributed by atoms with Crippen LogP contribution in [0.15, 0.2) is 18.2 Å². The minimum Gasteiger partial charge on any atom is -0.328 e. The van der Waals surface area contributed by atoms with Crippen LogP contribution >= 0.6 is 11.6 Å². The number of hydrogen-bond donors (Lipinski definition) is 1. The summed E-state index contributed by atoms with van der Waals surface area (Å²) in [6.07, 6.45) is 0.306. The molecule has 0 aromatic heterocycles. The van der Waals surface area contributed by atoms with Crippen molar-refractivity contribution in [3.63, 3.8) is 0 Å². The van der Waals surface area contributed by atoms with E-state index >= 15 is 0 Å². The highest BCUT2D eigenvalue weighted by Gasteiger charge is 2.23. The topological polar surface area (TPSA) is 103 Å². The summed E-state index contributed by atoms with van der Waals surface area (Å²) in [4.78, 5) is 10.2. The average Bonchev–Trinajstić information content (AvgIpc) is 2.29. The molecule has 1 aromatic carbocycles. The number of halogens is 1. The van der Waals surface area contributed by atoms with E-state index in [1.165, 1.54) is 18.2 Å². The van der Waals surface area contributed by atoms with Gasteiger partial charge in [0.05, 0.1) is 27.0 Å². The number of nitrogens with two attached hydrogens (primary N) is 1. The molecule has 0 aliphatic carbocycles. The molecule has 8 heteroatoms. The smallest absolute Gasteiger partial charge is 0.275 e. The number of rotatable bonds is 6. The Labute approximate surface area is 116 Å². The zero-order valence-corrected chi connectivity index (χ0v) is 11.9. The van der Waals surface area contributed by atoms with E-state index in [1.807, 2.05) is 0 Å². The molecule has 0 spiro atoms. The first-order chi connectivity index (χ1) is 8.73. The molecule has 0 fully saturated rings. The van der Waals surface area contributed by atoms with E-state index < -0.39 is 20.5 Å². The zero-order chi connectivity index (χ0) is 14.6. The second-order valence-electron chi connectivity index (χ2n) is 4.35.